The van der Waals surface area contributed by atoms with Gasteiger partial charge in [0.15, 0.2) is 0 Å². The lowest BCUT2D eigenvalue weighted by molar-refractivity contribution is 0.768. The Hall–Kier alpha value is -4.42. The minimum atomic E-state index is -0.360. The molecule has 0 saturated heterocycles. The summed E-state index contributed by atoms with van der Waals surface area (Å²) in [5.41, 5.74) is 10.1. The van der Waals surface area contributed by atoms with E-state index >= 15 is 0 Å². The third-order valence-electron chi connectivity index (χ3n) is 7.54. The number of rotatable bonds is 3. The summed E-state index contributed by atoms with van der Waals surface area (Å²) in [5.74, 6) is 0. The summed E-state index contributed by atoms with van der Waals surface area (Å²) in [4.78, 5) is 0. The van der Waals surface area contributed by atoms with Crippen LogP contribution in [0, 0.1) is 0 Å². The molecule has 0 spiro atoms. The highest BCUT2D eigenvalue weighted by Crippen LogP contribution is 2.58. The first kappa shape index (κ1) is 25.2. The summed E-state index contributed by atoms with van der Waals surface area (Å²) >= 11 is 0. The Kier molecular flexibility index (Phi) is 6.99. The predicted molar refractivity (Wildman–Crippen MR) is 165 cm³/mol. The fraction of sp³-hybridized carbons (Fsp3) is 0.105. The van der Waals surface area contributed by atoms with Crippen molar-refractivity contribution in [2.24, 2.45) is 0 Å². The number of hydrogen-bond donors (Lipinski definition) is 0. The van der Waals surface area contributed by atoms with Crippen LogP contribution in [0.2, 0.25) is 0 Å². The Morgan fingerprint density at radius 3 is 1.63 bits per heavy atom. The third kappa shape index (κ3) is 3.76. The maximum absolute atomic E-state index is 2.33. The summed E-state index contributed by atoms with van der Waals surface area (Å²) < 4.78 is 0. The second-order valence-corrected chi connectivity index (χ2v) is 9.32. The van der Waals surface area contributed by atoms with E-state index in [1.165, 1.54) is 55.3 Å². The molecule has 0 atom stereocenters. The zero-order valence-corrected chi connectivity index (χ0v) is 21.4. The molecule has 0 unspecified atom stereocenters. The molecule has 0 saturated carbocycles. The van der Waals surface area contributed by atoms with E-state index in [0.717, 1.165) is 0 Å². The molecule has 6 aromatic rings. The van der Waals surface area contributed by atoms with Crippen LogP contribution >= 0.6 is 0 Å². The van der Waals surface area contributed by atoms with Gasteiger partial charge in [-0.3, -0.25) is 0 Å². The van der Waals surface area contributed by atoms with E-state index in [9.17, 15) is 0 Å². The summed E-state index contributed by atoms with van der Waals surface area (Å²) in [6.07, 6.45) is 0. The Bertz CT molecular complexity index is 1640. The van der Waals surface area contributed by atoms with E-state index < -0.39 is 0 Å². The number of fused-ring (bicyclic) bond motifs is 4. The van der Waals surface area contributed by atoms with Crippen molar-refractivity contribution in [3.8, 4) is 22.3 Å². The van der Waals surface area contributed by atoms with E-state index in [2.05, 4.69) is 146 Å². The second kappa shape index (κ2) is 10.5. The molecule has 0 fully saturated rings. The summed E-state index contributed by atoms with van der Waals surface area (Å²) in [5, 5.41) is 2.54. The molecule has 6 aromatic carbocycles. The maximum atomic E-state index is 2.33. The van der Waals surface area contributed by atoms with Crippen LogP contribution in [0.1, 0.15) is 43.5 Å². The Balaban J connectivity index is 0.000000959. The lowest BCUT2D eigenvalue weighted by Gasteiger charge is -2.34. The molecule has 0 N–H and O–H groups in total. The Labute approximate surface area is 227 Å². The van der Waals surface area contributed by atoms with Gasteiger partial charge in [-0.1, -0.05) is 161 Å². The van der Waals surface area contributed by atoms with Crippen molar-refractivity contribution in [3.63, 3.8) is 0 Å². The van der Waals surface area contributed by atoms with Crippen molar-refractivity contribution in [1.82, 2.24) is 0 Å². The fourth-order valence-electron chi connectivity index (χ4n) is 6.09. The van der Waals surface area contributed by atoms with Crippen LogP contribution < -0.4 is 0 Å². The molecule has 0 heterocycles. The van der Waals surface area contributed by atoms with Crippen LogP contribution in [0.3, 0.4) is 0 Å². The molecule has 0 radical (unpaired) electrons. The minimum Gasteiger partial charge on any atom is -0.0776 e. The Morgan fingerprint density at radius 1 is 0.421 bits per heavy atom. The van der Waals surface area contributed by atoms with Crippen LogP contribution in [0.5, 0.6) is 0 Å². The summed E-state index contributed by atoms with van der Waals surface area (Å²) in [7, 11) is 0. The zero-order valence-electron chi connectivity index (χ0n) is 21.4. The minimum absolute atomic E-state index is 0. The average Bonchev–Trinajstić information content (AvgIpc) is 3.30. The molecule has 186 valence electrons. The Morgan fingerprint density at radius 2 is 0.947 bits per heavy atom. The highest BCUT2D eigenvalue weighted by molar-refractivity contribution is 5.97. The SMILES string of the molecule is C.CC.c1ccc(C2(c3ccccc3)c3ccccc3-c3c(-c4ccc5ccccc5c4)cccc32)cc1. The van der Waals surface area contributed by atoms with E-state index in [1.807, 2.05) is 13.8 Å². The quantitative estimate of drug-likeness (QED) is 0.231. The molecular formula is C38H34. The van der Waals surface area contributed by atoms with E-state index in [0.29, 0.717) is 0 Å². The van der Waals surface area contributed by atoms with Gasteiger partial charge < -0.3 is 0 Å². The standard InChI is InChI=1S/C35H24.C2H6.CH4/c1-3-14-28(15-4-1)35(29-16-5-2-6-17-29)32-20-10-9-18-31(32)34-30(19-11-21-33(34)35)27-23-22-25-12-7-8-13-26(25)24-27;1-2;/h1-24H;1-2H3;1H4. The average molecular weight is 491 g/mol. The van der Waals surface area contributed by atoms with Gasteiger partial charge in [-0.2, -0.15) is 0 Å². The molecule has 0 aromatic heterocycles. The normalized spacial score (nSPS) is 12.5. The van der Waals surface area contributed by atoms with Crippen molar-refractivity contribution in [2.75, 3.05) is 0 Å². The van der Waals surface area contributed by atoms with Crippen LogP contribution in [-0.4, -0.2) is 0 Å². The molecule has 0 amide bonds. The van der Waals surface area contributed by atoms with Gasteiger partial charge in [0.05, 0.1) is 5.41 Å². The van der Waals surface area contributed by atoms with Gasteiger partial charge in [-0.05, 0) is 61.3 Å². The monoisotopic (exact) mass is 490 g/mol. The van der Waals surface area contributed by atoms with Crippen LogP contribution in [0.25, 0.3) is 33.0 Å². The molecule has 0 bridgehead atoms. The molecule has 0 aliphatic heterocycles. The fourth-order valence-corrected chi connectivity index (χ4v) is 6.09. The first-order valence-electron chi connectivity index (χ1n) is 13.2. The van der Waals surface area contributed by atoms with Gasteiger partial charge in [0.2, 0.25) is 0 Å². The van der Waals surface area contributed by atoms with E-state index in [4.69, 9.17) is 0 Å². The predicted octanol–water partition coefficient (Wildman–Crippen LogP) is 10.5. The van der Waals surface area contributed by atoms with Crippen molar-refractivity contribution in [2.45, 2.75) is 26.7 Å². The topological polar surface area (TPSA) is 0 Å². The number of benzene rings is 6. The molecular weight excluding hydrogens is 456 g/mol. The summed E-state index contributed by atoms with van der Waals surface area (Å²) in [6.45, 7) is 4.00. The first-order chi connectivity index (χ1) is 18.4. The molecule has 0 nitrogen and oxygen atoms in total. The van der Waals surface area contributed by atoms with E-state index in [1.54, 1.807) is 0 Å². The van der Waals surface area contributed by atoms with Gasteiger partial charge in [-0.15, -0.1) is 0 Å². The van der Waals surface area contributed by atoms with E-state index in [-0.39, 0.29) is 12.8 Å². The third-order valence-corrected chi connectivity index (χ3v) is 7.54. The maximum Gasteiger partial charge on any atom is 0.0713 e. The van der Waals surface area contributed by atoms with Crippen molar-refractivity contribution >= 4 is 10.8 Å². The molecule has 38 heavy (non-hydrogen) atoms. The van der Waals surface area contributed by atoms with Gasteiger partial charge in [0, 0.05) is 0 Å². The summed E-state index contributed by atoms with van der Waals surface area (Å²) in [6, 6.07) is 53.2. The van der Waals surface area contributed by atoms with Crippen molar-refractivity contribution in [1.29, 1.82) is 0 Å². The second-order valence-electron chi connectivity index (χ2n) is 9.32. The van der Waals surface area contributed by atoms with Gasteiger partial charge in [-0.25, -0.2) is 0 Å². The van der Waals surface area contributed by atoms with Crippen LogP contribution in [0.15, 0.2) is 146 Å². The van der Waals surface area contributed by atoms with Crippen LogP contribution in [-0.2, 0) is 5.41 Å². The lowest BCUT2D eigenvalue weighted by atomic mass is 9.67. The van der Waals surface area contributed by atoms with Crippen molar-refractivity contribution < 1.29 is 0 Å². The van der Waals surface area contributed by atoms with Crippen molar-refractivity contribution in [3.05, 3.63) is 168 Å². The highest BCUT2D eigenvalue weighted by Gasteiger charge is 2.46. The van der Waals surface area contributed by atoms with Gasteiger partial charge in [0.1, 0.15) is 0 Å². The largest absolute Gasteiger partial charge is 0.0776 e. The smallest absolute Gasteiger partial charge is 0.0713 e. The highest BCUT2D eigenvalue weighted by atomic mass is 14.5. The number of hydrogen-bond acceptors (Lipinski definition) is 0. The first-order valence-corrected chi connectivity index (χ1v) is 13.2. The zero-order chi connectivity index (χ0) is 25.2. The molecule has 1 aliphatic rings. The van der Waals surface area contributed by atoms with Crippen LogP contribution in [0.4, 0.5) is 0 Å². The van der Waals surface area contributed by atoms with Gasteiger partial charge in [0.25, 0.3) is 0 Å². The molecule has 7 rings (SSSR count). The van der Waals surface area contributed by atoms with Gasteiger partial charge >= 0.3 is 0 Å². The lowest BCUT2D eigenvalue weighted by Crippen LogP contribution is -2.28. The molecule has 0 heteroatoms. The molecule has 1 aliphatic carbocycles.